The summed E-state index contributed by atoms with van der Waals surface area (Å²) in [5.74, 6) is 1.36. The maximum absolute atomic E-state index is 9.36. The first kappa shape index (κ1) is 8.30. The normalized spacial score (nSPS) is 21.1. The van der Waals surface area contributed by atoms with Crippen molar-refractivity contribution in [1.29, 1.82) is 0 Å². The highest BCUT2D eigenvalue weighted by molar-refractivity contribution is 5.37. The molecular formula is C12H15NO. The van der Waals surface area contributed by atoms with Crippen LogP contribution in [0.25, 0.3) is 0 Å². The van der Waals surface area contributed by atoms with Gasteiger partial charge in [-0.15, -0.1) is 0 Å². The zero-order valence-electron chi connectivity index (χ0n) is 8.24. The molecule has 3 rings (SSSR count). The molecule has 0 unspecified atom stereocenters. The molecule has 1 aliphatic carbocycles. The van der Waals surface area contributed by atoms with Gasteiger partial charge in [-0.2, -0.15) is 0 Å². The minimum atomic E-state index is 0.400. The molecule has 2 heteroatoms. The standard InChI is InChI=1S/C12H15NO/c14-12-4-3-10-7-13(6-9-1-2-9)8-11(10)5-12/h3-5,9,14H,1-2,6-8H2. The second kappa shape index (κ2) is 2.99. The lowest BCUT2D eigenvalue weighted by Gasteiger charge is -2.13. The van der Waals surface area contributed by atoms with E-state index in [-0.39, 0.29) is 0 Å². The van der Waals surface area contributed by atoms with Gasteiger partial charge in [0.25, 0.3) is 0 Å². The molecule has 0 spiro atoms. The lowest BCUT2D eigenvalue weighted by atomic mass is 10.1. The molecule has 0 saturated heterocycles. The number of rotatable bonds is 2. The van der Waals surface area contributed by atoms with Crippen molar-refractivity contribution in [3.05, 3.63) is 29.3 Å². The lowest BCUT2D eigenvalue weighted by molar-refractivity contribution is 0.272. The quantitative estimate of drug-likeness (QED) is 0.770. The highest BCUT2D eigenvalue weighted by Gasteiger charge is 2.27. The summed E-state index contributed by atoms with van der Waals surface area (Å²) in [5.41, 5.74) is 2.70. The molecular weight excluding hydrogens is 174 g/mol. The maximum atomic E-state index is 9.36. The Morgan fingerprint density at radius 2 is 2.00 bits per heavy atom. The van der Waals surface area contributed by atoms with Crippen LogP contribution in [0.1, 0.15) is 24.0 Å². The van der Waals surface area contributed by atoms with Crippen LogP contribution in [0.2, 0.25) is 0 Å². The van der Waals surface area contributed by atoms with Crippen LogP contribution < -0.4 is 0 Å². The van der Waals surface area contributed by atoms with Crippen molar-refractivity contribution in [3.8, 4) is 5.75 Å². The van der Waals surface area contributed by atoms with Crippen LogP contribution in [0, 0.1) is 5.92 Å². The number of benzene rings is 1. The average molecular weight is 189 g/mol. The number of phenolic OH excluding ortho intramolecular Hbond substituents is 1. The van der Waals surface area contributed by atoms with E-state index in [0.29, 0.717) is 5.75 Å². The van der Waals surface area contributed by atoms with Crippen LogP contribution in [0.15, 0.2) is 18.2 Å². The zero-order valence-corrected chi connectivity index (χ0v) is 8.24. The molecule has 1 aromatic rings. The third-order valence-corrected chi connectivity index (χ3v) is 3.19. The molecule has 0 radical (unpaired) electrons. The number of phenols is 1. The van der Waals surface area contributed by atoms with Gasteiger partial charge in [-0.05, 0) is 42.0 Å². The fourth-order valence-electron chi connectivity index (χ4n) is 2.25. The summed E-state index contributed by atoms with van der Waals surface area (Å²) >= 11 is 0. The minimum Gasteiger partial charge on any atom is -0.508 e. The van der Waals surface area contributed by atoms with E-state index in [0.717, 1.165) is 19.0 Å². The first-order chi connectivity index (χ1) is 6.81. The molecule has 1 N–H and O–H groups in total. The molecule has 1 heterocycles. The van der Waals surface area contributed by atoms with Crippen LogP contribution in [0.3, 0.4) is 0 Å². The summed E-state index contributed by atoms with van der Waals surface area (Å²) in [7, 11) is 0. The van der Waals surface area contributed by atoms with Crippen molar-refractivity contribution in [2.45, 2.75) is 25.9 Å². The molecule has 74 valence electrons. The van der Waals surface area contributed by atoms with E-state index in [9.17, 15) is 5.11 Å². The third kappa shape index (κ3) is 1.50. The van der Waals surface area contributed by atoms with E-state index in [2.05, 4.69) is 11.0 Å². The van der Waals surface area contributed by atoms with E-state index in [1.165, 1.54) is 30.5 Å². The van der Waals surface area contributed by atoms with Gasteiger partial charge in [-0.1, -0.05) is 6.07 Å². The van der Waals surface area contributed by atoms with Crippen molar-refractivity contribution >= 4 is 0 Å². The Morgan fingerprint density at radius 1 is 1.21 bits per heavy atom. The molecule has 1 aliphatic heterocycles. The Balaban J connectivity index is 1.75. The maximum Gasteiger partial charge on any atom is 0.115 e. The number of fused-ring (bicyclic) bond motifs is 1. The van der Waals surface area contributed by atoms with Gasteiger partial charge in [-0.3, -0.25) is 4.90 Å². The second-order valence-electron chi connectivity index (χ2n) is 4.57. The molecule has 0 amide bonds. The Morgan fingerprint density at radius 3 is 2.79 bits per heavy atom. The fraction of sp³-hybridized carbons (Fsp3) is 0.500. The Hall–Kier alpha value is -1.02. The number of nitrogens with zero attached hydrogens (tertiary/aromatic N) is 1. The van der Waals surface area contributed by atoms with Crippen LogP contribution in [-0.2, 0) is 13.1 Å². The molecule has 0 aromatic heterocycles. The van der Waals surface area contributed by atoms with Gasteiger partial charge in [0, 0.05) is 19.6 Å². The van der Waals surface area contributed by atoms with Crippen molar-refractivity contribution in [2.24, 2.45) is 5.92 Å². The molecule has 1 saturated carbocycles. The third-order valence-electron chi connectivity index (χ3n) is 3.19. The fourth-order valence-corrected chi connectivity index (χ4v) is 2.25. The predicted octanol–water partition coefficient (Wildman–Crippen LogP) is 2.12. The van der Waals surface area contributed by atoms with Gasteiger partial charge >= 0.3 is 0 Å². The smallest absolute Gasteiger partial charge is 0.115 e. The lowest BCUT2D eigenvalue weighted by Crippen LogP contribution is -2.18. The highest BCUT2D eigenvalue weighted by Crippen LogP contribution is 2.33. The van der Waals surface area contributed by atoms with E-state index >= 15 is 0 Å². The number of aromatic hydroxyl groups is 1. The molecule has 14 heavy (non-hydrogen) atoms. The van der Waals surface area contributed by atoms with E-state index in [4.69, 9.17) is 0 Å². The summed E-state index contributed by atoms with van der Waals surface area (Å²) in [6.07, 6.45) is 2.83. The molecule has 2 aliphatic rings. The Kier molecular flexibility index (Phi) is 1.77. The van der Waals surface area contributed by atoms with Gasteiger partial charge in [-0.25, -0.2) is 0 Å². The molecule has 1 aromatic carbocycles. The number of hydrogen-bond donors (Lipinski definition) is 1. The molecule has 1 fully saturated rings. The Bertz CT molecular complexity index is 357. The minimum absolute atomic E-state index is 0.400. The van der Waals surface area contributed by atoms with Gasteiger partial charge in [0.15, 0.2) is 0 Å². The van der Waals surface area contributed by atoms with Gasteiger partial charge in [0.2, 0.25) is 0 Å². The van der Waals surface area contributed by atoms with E-state index < -0.39 is 0 Å². The topological polar surface area (TPSA) is 23.5 Å². The predicted molar refractivity (Wildman–Crippen MR) is 54.9 cm³/mol. The monoisotopic (exact) mass is 189 g/mol. The van der Waals surface area contributed by atoms with E-state index in [1.54, 1.807) is 6.07 Å². The van der Waals surface area contributed by atoms with Crippen LogP contribution in [-0.4, -0.2) is 16.6 Å². The first-order valence-electron chi connectivity index (χ1n) is 5.34. The van der Waals surface area contributed by atoms with E-state index in [1.807, 2.05) is 6.07 Å². The van der Waals surface area contributed by atoms with Crippen molar-refractivity contribution in [2.75, 3.05) is 6.54 Å². The van der Waals surface area contributed by atoms with Crippen molar-refractivity contribution in [1.82, 2.24) is 4.90 Å². The first-order valence-corrected chi connectivity index (χ1v) is 5.34. The van der Waals surface area contributed by atoms with Gasteiger partial charge in [0.1, 0.15) is 5.75 Å². The summed E-state index contributed by atoms with van der Waals surface area (Å²) in [6, 6.07) is 5.75. The molecule has 0 bridgehead atoms. The molecule has 0 atom stereocenters. The van der Waals surface area contributed by atoms with Gasteiger partial charge in [0.05, 0.1) is 0 Å². The second-order valence-corrected chi connectivity index (χ2v) is 4.57. The summed E-state index contributed by atoms with van der Waals surface area (Å²) in [4.78, 5) is 2.49. The van der Waals surface area contributed by atoms with Crippen molar-refractivity contribution < 1.29 is 5.11 Å². The average Bonchev–Trinajstić information content (AvgIpc) is 2.84. The summed E-state index contributed by atoms with van der Waals surface area (Å²) < 4.78 is 0. The summed E-state index contributed by atoms with van der Waals surface area (Å²) in [6.45, 7) is 3.35. The van der Waals surface area contributed by atoms with Crippen LogP contribution >= 0.6 is 0 Å². The SMILES string of the molecule is Oc1ccc2c(c1)CN(CC1CC1)C2. The summed E-state index contributed by atoms with van der Waals surface area (Å²) in [5, 5.41) is 9.36. The largest absolute Gasteiger partial charge is 0.508 e. The zero-order chi connectivity index (χ0) is 9.54. The van der Waals surface area contributed by atoms with Gasteiger partial charge < -0.3 is 5.11 Å². The van der Waals surface area contributed by atoms with Crippen LogP contribution in [0.4, 0.5) is 0 Å². The van der Waals surface area contributed by atoms with Crippen LogP contribution in [0.5, 0.6) is 5.75 Å². The Labute approximate surface area is 84.2 Å². The highest BCUT2D eigenvalue weighted by atomic mass is 16.3. The molecule has 2 nitrogen and oxygen atoms in total. The van der Waals surface area contributed by atoms with Crippen molar-refractivity contribution in [3.63, 3.8) is 0 Å². The number of hydrogen-bond acceptors (Lipinski definition) is 2.